The van der Waals surface area contributed by atoms with Crippen LogP contribution in [0.2, 0.25) is 0 Å². The van der Waals surface area contributed by atoms with Crippen LogP contribution in [0.25, 0.3) is 0 Å². The summed E-state index contributed by atoms with van der Waals surface area (Å²) >= 11 is 1.68. The van der Waals surface area contributed by atoms with Crippen molar-refractivity contribution < 1.29 is 4.79 Å². The number of carbonyl (C=O) groups is 1. The van der Waals surface area contributed by atoms with Crippen LogP contribution in [-0.2, 0) is 4.79 Å². The van der Waals surface area contributed by atoms with E-state index in [1.165, 1.54) is 4.88 Å². The van der Waals surface area contributed by atoms with Gasteiger partial charge < -0.3 is 10.2 Å². The Morgan fingerprint density at radius 1 is 1.25 bits per heavy atom. The number of nitrogens with one attached hydrogen (secondary N) is 1. The molecule has 0 bridgehead atoms. The lowest BCUT2D eigenvalue weighted by atomic mass is 10.2. The fourth-order valence-corrected chi connectivity index (χ4v) is 2.62. The Kier molecular flexibility index (Phi) is 6.55. The molecule has 0 radical (unpaired) electrons. The van der Waals surface area contributed by atoms with Gasteiger partial charge in [0.25, 0.3) is 0 Å². The van der Waals surface area contributed by atoms with Crippen LogP contribution >= 0.6 is 23.7 Å². The van der Waals surface area contributed by atoms with E-state index >= 15 is 0 Å². The van der Waals surface area contributed by atoms with Gasteiger partial charge in [0.05, 0.1) is 12.6 Å². The predicted molar refractivity (Wildman–Crippen MR) is 87.7 cm³/mol. The number of hydrogen-bond acceptors (Lipinski definition) is 3. The largest absolute Gasteiger partial charge is 0.376 e. The summed E-state index contributed by atoms with van der Waals surface area (Å²) in [7, 11) is 1.85. The predicted octanol–water partition coefficient (Wildman–Crippen LogP) is 3.80. The van der Waals surface area contributed by atoms with Gasteiger partial charge in [0.15, 0.2) is 0 Å². The molecule has 3 nitrogen and oxygen atoms in total. The molecule has 1 N–H and O–H groups in total. The Labute approximate surface area is 130 Å². The monoisotopic (exact) mass is 310 g/mol. The van der Waals surface area contributed by atoms with E-state index in [1.807, 2.05) is 55.7 Å². The molecule has 0 saturated carbocycles. The number of rotatable bonds is 5. The summed E-state index contributed by atoms with van der Waals surface area (Å²) in [6, 6.07) is 13.9. The molecule has 2 aromatic rings. The normalized spacial score (nSPS) is 11.3. The standard InChI is InChI=1S/C15H18N2OS.ClH/c1-12(14-9-6-10-19-14)17(2)15(18)11-16-13-7-4-3-5-8-13;/h3-10,12,16H,11H2,1-2H3;1H. The second-order valence-electron chi connectivity index (χ2n) is 4.42. The van der Waals surface area contributed by atoms with Gasteiger partial charge >= 0.3 is 0 Å². The summed E-state index contributed by atoms with van der Waals surface area (Å²) in [5.41, 5.74) is 0.966. The highest BCUT2D eigenvalue weighted by atomic mass is 35.5. The van der Waals surface area contributed by atoms with Crippen LogP contribution in [0.4, 0.5) is 5.69 Å². The van der Waals surface area contributed by atoms with E-state index in [0.29, 0.717) is 6.54 Å². The molecule has 0 aliphatic carbocycles. The number of hydrogen-bond donors (Lipinski definition) is 1. The molecule has 1 atom stereocenters. The second-order valence-corrected chi connectivity index (χ2v) is 5.39. The van der Waals surface area contributed by atoms with Gasteiger partial charge in [-0.3, -0.25) is 4.79 Å². The highest BCUT2D eigenvalue weighted by Crippen LogP contribution is 2.23. The second kappa shape index (κ2) is 7.92. The minimum atomic E-state index is 0. The van der Waals surface area contributed by atoms with Crippen LogP contribution in [-0.4, -0.2) is 24.4 Å². The Balaban J connectivity index is 0.00000200. The minimum Gasteiger partial charge on any atom is -0.376 e. The highest BCUT2D eigenvalue weighted by Gasteiger charge is 2.17. The molecule has 1 heterocycles. The van der Waals surface area contributed by atoms with Crippen molar-refractivity contribution in [3.05, 3.63) is 52.7 Å². The fourth-order valence-electron chi connectivity index (χ4n) is 1.79. The molecule has 108 valence electrons. The molecule has 0 aliphatic heterocycles. The van der Waals surface area contributed by atoms with Crippen molar-refractivity contribution in [1.29, 1.82) is 0 Å². The number of para-hydroxylation sites is 1. The van der Waals surface area contributed by atoms with Crippen LogP contribution in [0.5, 0.6) is 0 Å². The Morgan fingerprint density at radius 2 is 1.95 bits per heavy atom. The van der Waals surface area contributed by atoms with Gasteiger partial charge in [-0.1, -0.05) is 24.3 Å². The number of halogens is 1. The van der Waals surface area contributed by atoms with Crippen LogP contribution in [0, 0.1) is 0 Å². The number of amides is 1. The molecule has 1 unspecified atom stereocenters. The Hall–Kier alpha value is -1.52. The summed E-state index contributed by atoms with van der Waals surface area (Å²) < 4.78 is 0. The first-order valence-corrected chi connectivity index (χ1v) is 7.14. The molecule has 0 aliphatic rings. The minimum absolute atomic E-state index is 0. The summed E-state index contributed by atoms with van der Waals surface area (Å²) in [6.07, 6.45) is 0. The zero-order valence-electron chi connectivity index (χ0n) is 11.6. The molecule has 1 aromatic heterocycles. The van der Waals surface area contributed by atoms with Gasteiger partial charge in [-0.25, -0.2) is 0 Å². The zero-order valence-corrected chi connectivity index (χ0v) is 13.2. The van der Waals surface area contributed by atoms with Gasteiger partial charge in [0.2, 0.25) is 5.91 Å². The first-order valence-electron chi connectivity index (χ1n) is 6.26. The number of benzene rings is 1. The third kappa shape index (κ3) is 4.25. The highest BCUT2D eigenvalue weighted by molar-refractivity contribution is 7.10. The quantitative estimate of drug-likeness (QED) is 0.911. The van der Waals surface area contributed by atoms with Crippen molar-refractivity contribution in [1.82, 2.24) is 4.90 Å². The molecule has 5 heteroatoms. The zero-order chi connectivity index (χ0) is 13.7. The van der Waals surface area contributed by atoms with Gasteiger partial charge in [-0.2, -0.15) is 0 Å². The van der Waals surface area contributed by atoms with E-state index in [1.54, 1.807) is 16.2 Å². The molecule has 1 aromatic carbocycles. The number of nitrogens with zero attached hydrogens (tertiary/aromatic N) is 1. The first-order chi connectivity index (χ1) is 9.18. The maximum absolute atomic E-state index is 12.1. The van der Waals surface area contributed by atoms with E-state index in [9.17, 15) is 4.79 Å². The van der Waals surface area contributed by atoms with Crippen LogP contribution in [0.15, 0.2) is 47.8 Å². The van der Waals surface area contributed by atoms with Crippen LogP contribution < -0.4 is 5.32 Å². The topological polar surface area (TPSA) is 32.3 Å². The molecule has 0 saturated heterocycles. The van der Waals surface area contributed by atoms with Gasteiger partial charge in [-0.15, -0.1) is 23.7 Å². The lowest BCUT2D eigenvalue weighted by Crippen LogP contribution is -2.34. The third-order valence-electron chi connectivity index (χ3n) is 3.15. The summed E-state index contributed by atoms with van der Waals surface area (Å²) in [5, 5.41) is 5.17. The molecule has 0 fully saturated rings. The van der Waals surface area contributed by atoms with Crippen molar-refractivity contribution in [3.8, 4) is 0 Å². The van der Waals surface area contributed by atoms with E-state index in [-0.39, 0.29) is 24.4 Å². The van der Waals surface area contributed by atoms with Crippen molar-refractivity contribution in [2.75, 3.05) is 18.9 Å². The van der Waals surface area contributed by atoms with E-state index < -0.39 is 0 Å². The molecular weight excluding hydrogens is 292 g/mol. The number of carbonyl (C=O) groups excluding carboxylic acids is 1. The third-order valence-corrected chi connectivity index (χ3v) is 4.19. The molecule has 2 rings (SSSR count). The van der Waals surface area contributed by atoms with E-state index in [2.05, 4.69) is 11.4 Å². The Bertz CT molecular complexity index is 516. The summed E-state index contributed by atoms with van der Waals surface area (Å²) in [6.45, 7) is 2.36. The Morgan fingerprint density at radius 3 is 2.55 bits per heavy atom. The maximum atomic E-state index is 12.1. The summed E-state index contributed by atoms with van der Waals surface area (Å²) in [4.78, 5) is 15.1. The molecule has 20 heavy (non-hydrogen) atoms. The van der Waals surface area contributed by atoms with Crippen molar-refractivity contribution >= 4 is 35.3 Å². The van der Waals surface area contributed by atoms with Gasteiger partial charge in [-0.05, 0) is 30.5 Å². The van der Waals surface area contributed by atoms with Crippen molar-refractivity contribution in [2.45, 2.75) is 13.0 Å². The van der Waals surface area contributed by atoms with E-state index in [4.69, 9.17) is 0 Å². The molecular formula is C15H19ClN2OS. The lowest BCUT2D eigenvalue weighted by Gasteiger charge is -2.24. The average molecular weight is 311 g/mol. The smallest absolute Gasteiger partial charge is 0.242 e. The lowest BCUT2D eigenvalue weighted by molar-refractivity contribution is -0.129. The van der Waals surface area contributed by atoms with Crippen LogP contribution in [0.1, 0.15) is 17.8 Å². The van der Waals surface area contributed by atoms with Gasteiger partial charge in [0, 0.05) is 17.6 Å². The number of anilines is 1. The number of likely N-dealkylation sites (N-methyl/N-ethyl adjacent to an activating group) is 1. The molecule has 0 spiro atoms. The van der Waals surface area contributed by atoms with Crippen molar-refractivity contribution in [2.24, 2.45) is 0 Å². The van der Waals surface area contributed by atoms with Crippen LogP contribution in [0.3, 0.4) is 0 Å². The SMILES string of the molecule is CC(c1cccs1)N(C)C(=O)CNc1ccccc1.Cl. The van der Waals surface area contributed by atoms with E-state index in [0.717, 1.165) is 5.69 Å². The number of thiophene rings is 1. The summed E-state index contributed by atoms with van der Waals surface area (Å²) in [5.74, 6) is 0.0877. The van der Waals surface area contributed by atoms with Gasteiger partial charge in [0.1, 0.15) is 0 Å². The maximum Gasteiger partial charge on any atom is 0.242 e. The fraction of sp³-hybridized carbons (Fsp3) is 0.267. The average Bonchev–Trinajstić information content (AvgIpc) is 2.98. The first kappa shape index (κ1) is 16.5. The molecule has 1 amide bonds. The van der Waals surface area contributed by atoms with Crippen molar-refractivity contribution in [3.63, 3.8) is 0 Å².